The van der Waals surface area contributed by atoms with E-state index in [-0.39, 0.29) is 16.8 Å². The summed E-state index contributed by atoms with van der Waals surface area (Å²) in [5, 5.41) is 12.4. The Labute approximate surface area is 204 Å². The van der Waals surface area contributed by atoms with E-state index in [1.54, 1.807) is 23.9 Å². The zero-order valence-corrected chi connectivity index (χ0v) is 21.6. The molecule has 2 heterocycles. The van der Waals surface area contributed by atoms with E-state index in [1.165, 1.54) is 29.5 Å². The van der Waals surface area contributed by atoms with Crippen molar-refractivity contribution in [3.8, 4) is 0 Å². The average Bonchev–Trinajstić information content (AvgIpc) is 3.42. The summed E-state index contributed by atoms with van der Waals surface area (Å²) < 4.78 is 15.6. The molecule has 2 aliphatic carbocycles. The molecule has 0 amide bonds. The summed E-state index contributed by atoms with van der Waals surface area (Å²) in [4.78, 5) is 14.2. The Bertz CT molecular complexity index is 993. The van der Waals surface area contributed by atoms with Crippen LogP contribution in [0.4, 0.5) is 4.39 Å². The van der Waals surface area contributed by atoms with Gasteiger partial charge in [-0.15, -0.1) is 34.9 Å². The van der Waals surface area contributed by atoms with Gasteiger partial charge in [-0.05, 0) is 35.6 Å². The maximum absolute atomic E-state index is 15.7. The van der Waals surface area contributed by atoms with Crippen molar-refractivity contribution in [3.63, 3.8) is 0 Å². The molecule has 7 heteroatoms. The molecule has 1 aromatic heterocycles. The third-order valence-electron chi connectivity index (χ3n) is 6.19. The summed E-state index contributed by atoms with van der Waals surface area (Å²) >= 11 is 7.85. The van der Waals surface area contributed by atoms with E-state index < -0.39 is 10.9 Å². The molecular formula is C24H26BrFO2S3. The van der Waals surface area contributed by atoms with E-state index in [4.69, 9.17) is 0 Å². The lowest BCUT2D eigenvalue weighted by Gasteiger charge is -2.39. The minimum atomic E-state index is -1.19. The molecule has 4 unspecified atom stereocenters. The predicted molar refractivity (Wildman–Crippen MR) is 137 cm³/mol. The predicted octanol–water partition coefficient (Wildman–Crippen LogP) is 8.09. The van der Waals surface area contributed by atoms with Gasteiger partial charge in [0.15, 0.2) is 0 Å². The Morgan fingerprint density at radius 3 is 2.87 bits per heavy atom. The third kappa shape index (κ3) is 4.28. The highest BCUT2D eigenvalue weighted by Gasteiger charge is 2.50. The van der Waals surface area contributed by atoms with Crippen LogP contribution in [0.3, 0.4) is 0 Å². The van der Waals surface area contributed by atoms with Crippen LogP contribution in [0.1, 0.15) is 54.8 Å². The second kappa shape index (κ2) is 9.62. The van der Waals surface area contributed by atoms with E-state index >= 15 is 4.39 Å². The third-order valence-corrected chi connectivity index (χ3v) is 11.0. The zero-order chi connectivity index (χ0) is 22.2. The lowest BCUT2D eigenvalue weighted by Crippen LogP contribution is -2.44. The van der Waals surface area contributed by atoms with Crippen molar-refractivity contribution in [1.29, 1.82) is 0 Å². The molecule has 3 aliphatic rings. The SMILES string of the molecule is CCCCC(CC)CSC1(C2C=C3C(=O)c4sccc4C(O)=C3S2)C=CC(Br)=CC1F. The quantitative estimate of drug-likeness (QED) is 0.361. The zero-order valence-electron chi connectivity index (χ0n) is 17.6. The first-order valence-electron chi connectivity index (χ1n) is 10.7. The van der Waals surface area contributed by atoms with Gasteiger partial charge in [0, 0.05) is 15.6 Å². The number of unbranched alkanes of at least 4 members (excludes halogenated alkanes) is 1. The Kier molecular flexibility index (Phi) is 7.26. The molecule has 0 saturated carbocycles. The van der Waals surface area contributed by atoms with Crippen molar-refractivity contribution >= 4 is 62.3 Å². The lowest BCUT2D eigenvalue weighted by molar-refractivity contribution is 0.103. The number of carbonyl (C=O) groups is 1. The largest absolute Gasteiger partial charge is 0.506 e. The summed E-state index contributed by atoms with van der Waals surface area (Å²) in [6.45, 7) is 4.40. The number of rotatable bonds is 8. The molecule has 1 aliphatic heterocycles. The number of fused-ring (bicyclic) bond motifs is 2. The van der Waals surface area contributed by atoms with E-state index in [1.807, 2.05) is 23.6 Å². The summed E-state index contributed by atoms with van der Waals surface area (Å²) in [6.07, 6.45) is 10.8. The Balaban J connectivity index is 1.66. The number of thioether (sulfide) groups is 2. The van der Waals surface area contributed by atoms with Crippen molar-refractivity contribution in [1.82, 2.24) is 0 Å². The molecule has 0 bridgehead atoms. The second-order valence-corrected chi connectivity index (χ2v) is 12.5. The molecule has 0 radical (unpaired) electrons. The van der Waals surface area contributed by atoms with Crippen LogP contribution >= 0.6 is 50.8 Å². The molecule has 166 valence electrons. The fourth-order valence-electron chi connectivity index (χ4n) is 4.20. The molecule has 4 rings (SSSR count). The maximum atomic E-state index is 15.7. The van der Waals surface area contributed by atoms with Gasteiger partial charge in [-0.3, -0.25) is 4.79 Å². The molecule has 4 atom stereocenters. The van der Waals surface area contributed by atoms with Crippen LogP contribution in [0.2, 0.25) is 0 Å². The minimum absolute atomic E-state index is 0.0609. The van der Waals surface area contributed by atoms with Gasteiger partial charge >= 0.3 is 0 Å². The van der Waals surface area contributed by atoms with Crippen molar-refractivity contribution < 1.29 is 14.3 Å². The summed E-state index contributed by atoms with van der Waals surface area (Å²) in [7, 11) is 0. The van der Waals surface area contributed by atoms with E-state index in [2.05, 4.69) is 29.8 Å². The van der Waals surface area contributed by atoms with Crippen LogP contribution in [-0.2, 0) is 0 Å². The van der Waals surface area contributed by atoms with Crippen molar-refractivity contribution in [2.75, 3.05) is 5.75 Å². The molecule has 0 saturated heterocycles. The number of thiophene rings is 1. The molecule has 0 spiro atoms. The van der Waals surface area contributed by atoms with Crippen LogP contribution < -0.4 is 0 Å². The highest BCUT2D eigenvalue weighted by Crippen LogP contribution is 2.55. The van der Waals surface area contributed by atoms with E-state index in [0.29, 0.717) is 26.8 Å². The molecule has 31 heavy (non-hydrogen) atoms. The van der Waals surface area contributed by atoms with Gasteiger partial charge in [-0.1, -0.05) is 67.3 Å². The monoisotopic (exact) mass is 540 g/mol. The number of hydrogen-bond acceptors (Lipinski definition) is 5. The highest BCUT2D eigenvalue weighted by atomic mass is 79.9. The number of aliphatic hydroxyl groups excluding tert-OH is 1. The number of halogens is 2. The first kappa shape index (κ1) is 23.4. The van der Waals surface area contributed by atoms with Gasteiger partial charge in [0.1, 0.15) is 11.9 Å². The fraction of sp³-hybridized carbons (Fsp3) is 0.458. The summed E-state index contributed by atoms with van der Waals surface area (Å²) in [5.74, 6) is 1.50. The van der Waals surface area contributed by atoms with Gasteiger partial charge in [-0.2, -0.15) is 0 Å². The lowest BCUT2D eigenvalue weighted by atomic mass is 9.90. The summed E-state index contributed by atoms with van der Waals surface area (Å²) in [6, 6.07) is 1.79. The van der Waals surface area contributed by atoms with Crippen LogP contribution in [0, 0.1) is 5.92 Å². The second-order valence-electron chi connectivity index (χ2n) is 8.16. The number of Topliss-reactive ketones (excluding diaryl/α,β-unsaturated/α-hetero) is 1. The standard InChI is InChI=1S/C24H26BrFO2S3/c1-3-5-6-14(4-2)13-30-24(9-7-15(25)11-18(24)26)19-12-17-21(28)22-16(8-10-29-22)20(27)23(17)31-19/h7-12,14,18-19,27H,3-6,13H2,1-2H3. The van der Waals surface area contributed by atoms with Crippen molar-refractivity contribution in [3.05, 3.63) is 61.2 Å². The number of alkyl halides is 1. The van der Waals surface area contributed by atoms with Gasteiger partial charge in [0.05, 0.1) is 19.8 Å². The topological polar surface area (TPSA) is 37.3 Å². The van der Waals surface area contributed by atoms with Gasteiger partial charge in [0.2, 0.25) is 5.78 Å². The van der Waals surface area contributed by atoms with Crippen LogP contribution in [-0.4, -0.2) is 32.8 Å². The molecule has 1 N–H and O–H groups in total. The normalized spacial score (nSPS) is 28.3. The van der Waals surface area contributed by atoms with Gasteiger partial charge in [0.25, 0.3) is 0 Å². The Morgan fingerprint density at radius 2 is 2.16 bits per heavy atom. The molecular weight excluding hydrogens is 515 g/mol. The van der Waals surface area contributed by atoms with Crippen LogP contribution in [0.25, 0.3) is 5.76 Å². The number of carbonyl (C=O) groups excluding carboxylic acids is 1. The Hall–Kier alpha value is -0.760. The van der Waals surface area contributed by atoms with Crippen molar-refractivity contribution in [2.45, 2.75) is 55.7 Å². The van der Waals surface area contributed by atoms with Crippen molar-refractivity contribution in [2.24, 2.45) is 5.92 Å². The van der Waals surface area contributed by atoms with Gasteiger partial charge < -0.3 is 5.11 Å². The number of allylic oxidation sites excluding steroid dienone is 4. The van der Waals surface area contributed by atoms with E-state index in [9.17, 15) is 9.90 Å². The van der Waals surface area contributed by atoms with Crippen LogP contribution in [0.5, 0.6) is 0 Å². The number of ketones is 1. The maximum Gasteiger partial charge on any atom is 0.204 e. The first-order chi connectivity index (χ1) is 14.9. The fourth-order valence-corrected chi connectivity index (χ4v) is 8.67. The summed E-state index contributed by atoms with van der Waals surface area (Å²) in [5.41, 5.74) is 1.12. The molecule has 0 fully saturated rings. The Morgan fingerprint density at radius 1 is 1.35 bits per heavy atom. The average molecular weight is 542 g/mol. The molecule has 1 aromatic rings. The molecule has 2 nitrogen and oxygen atoms in total. The van der Waals surface area contributed by atoms with Gasteiger partial charge in [-0.25, -0.2) is 4.39 Å². The number of aliphatic hydroxyl groups is 1. The highest BCUT2D eigenvalue weighted by molar-refractivity contribution is 9.11. The molecule has 0 aromatic carbocycles. The first-order valence-corrected chi connectivity index (χ1v) is 14.2. The van der Waals surface area contributed by atoms with Crippen LogP contribution in [0.15, 0.2) is 50.7 Å². The van der Waals surface area contributed by atoms with E-state index in [0.717, 1.165) is 29.5 Å². The number of hydrogen-bond donors (Lipinski definition) is 1. The smallest absolute Gasteiger partial charge is 0.204 e. The minimum Gasteiger partial charge on any atom is -0.506 e.